The van der Waals surface area contributed by atoms with Crippen LogP contribution in [-0.2, 0) is 17.7 Å². The fourth-order valence-electron chi connectivity index (χ4n) is 7.31. The first kappa shape index (κ1) is 32.8. The van der Waals surface area contributed by atoms with Crippen LogP contribution in [0.15, 0.2) is 36.4 Å². The zero-order valence-corrected chi connectivity index (χ0v) is 29.0. The second-order valence-electron chi connectivity index (χ2n) is 14.9. The highest BCUT2D eigenvalue weighted by Gasteiger charge is 2.49. The number of carbonyl (C=O) groups is 1. The summed E-state index contributed by atoms with van der Waals surface area (Å²) < 4.78 is 12.3. The van der Waals surface area contributed by atoms with Gasteiger partial charge in [0.15, 0.2) is 0 Å². The van der Waals surface area contributed by atoms with Gasteiger partial charge in [0.25, 0.3) is 0 Å². The number of fused-ring (bicyclic) bond motifs is 2. The Kier molecular flexibility index (Phi) is 8.96. The van der Waals surface area contributed by atoms with Crippen LogP contribution in [0.4, 0.5) is 16.3 Å². The molecule has 2 aromatic carbocycles. The van der Waals surface area contributed by atoms with Crippen molar-refractivity contribution in [3.8, 4) is 6.01 Å². The Morgan fingerprint density at radius 3 is 2.53 bits per heavy atom. The molecule has 3 heterocycles. The Labute approximate surface area is 279 Å². The van der Waals surface area contributed by atoms with E-state index in [1.54, 1.807) is 4.90 Å². The summed E-state index contributed by atoms with van der Waals surface area (Å²) in [6, 6.07) is 13.1. The standard InChI is InChI=1S/C37H49N7O3/c1-25-11-9-12-27-13-10-14-31(32(25)27)42-18-15-29-30(23-42)39-34(46-26(2)37(16-17-37)24-41(7)8)40-33(29)43-19-20-44(28(22-43)21-38-6)35(45)47-36(3,4)5/h9-14,26,28H,15-24H2,1-5,7-8H3. The lowest BCUT2D eigenvalue weighted by molar-refractivity contribution is 0.0155. The summed E-state index contributed by atoms with van der Waals surface area (Å²) >= 11 is 0. The molecule has 1 amide bonds. The molecule has 250 valence electrons. The average Bonchev–Trinajstić information content (AvgIpc) is 3.79. The highest BCUT2D eigenvalue weighted by Crippen LogP contribution is 2.50. The molecule has 0 radical (unpaired) electrons. The molecule has 2 unspecified atom stereocenters. The first-order valence-corrected chi connectivity index (χ1v) is 16.9. The molecule has 2 fully saturated rings. The quantitative estimate of drug-likeness (QED) is 0.280. The second kappa shape index (κ2) is 12.8. The number of hydrogen-bond acceptors (Lipinski definition) is 8. The minimum absolute atomic E-state index is 0.0323. The lowest BCUT2D eigenvalue weighted by Gasteiger charge is -2.41. The molecule has 1 saturated heterocycles. The summed E-state index contributed by atoms with van der Waals surface area (Å²) in [7, 11) is 4.22. The lowest BCUT2D eigenvalue weighted by atomic mass is 9.99. The summed E-state index contributed by atoms with van der Waals surface area (Å²) in [4.78, 5) is 35.7. The number of amides is 1. The largest absolute Gasteiger partial charge is 0.460 e. The highest BCUT2D eigenvalue weighted by atomic mass is 16.6. The SMILES string of the molecule is [C-]#[N+]CC1CN(c2nc(OC(C)C3(CN(C)C)CC3)nc3c2CCN(c2cccc4cccc(C)c24)C3)CCN1C(=O)OC(C)(C)C. The minimum Gasteiger partial charge on any atom is -0.460 e. The van der Waals surface area contributed by atoms with Gasteiger partial charge in [0.1, 0.15) is 23.6 Å². The van der Waals surface area contributed by atoms with E-state index in [9.17, 15) is 4.79 Å². The number of carbonyl (C=O) groups excluding carboxylic acids is 1. The third-order valence-electron chi connectivity index (χ3n) is 9.83. The van der Waals surface area contributed by atoms with Crippen LogP contribution in [0.2, 0.25) is 0 Å². The van der Waals surface area contributed by atoms with E-state index in [0.717, 1.165) is 49.4 Å². The first-order valence-electron chi connectivity index (χ1n) is 16.9. The summed E-state index contributed by atoms with van der Waals surface area (Å²) in [6.07, 6.45) is 2.64. The monoisotopic (exact) mass is 639 g/mol. The maximum Gasteiger partial charge on any atom is 0.410 e. The first-order chi connectivity index (χ1) is 22.4. The fourth-order valence-corrected chi connectivity index (χ4v) is 7.31. The third kappa shape index (κ3) is 6.96. The minimum atomic E-state index is -0.606. The molecule has 1 aliphatic carbocycles. The van der Waals surface area contributed by atoms with Crippen LogP contribution < -0.4 is 14.5 Å². The van der Waals surface area contributed by atoms with Gasteiger partial charge in [-0.3, -0.25) is 4.90 Å². The van der Waals surface area contributed by atoms with E-state index in [1.165, 1.54) is 22.0 Å². The van der Waals surface area contributed by atoms with Gasteiger partial charge in [-0.05, 0) is 85.0 Å². The summed E-state index contributed by atoms with van der Waals surface area (Å²) in [5, 5.41) is 2.51. The third-order valence-corrected chi connectivity index (χ3v) is 9.83. The van der Waals surface area contributed by atoms with Crippen molar-refractivity contribution in [2.75, 3.05) is 63.2 Å². The zero-order chi connectivity index (χ0) is 33.5. The number of piperazine rings is 1. The smallest absolute Gasteiger partial charge is 0.410 e. The molecule has 10 heteroatoms. The molecule has 0 bridgehead atoms. The van der Waals surface area contributed by atoms with Crippen molar-refractivity contribution < 1.29 is 14.3 Å². The maximum atomic E-state index is 13.1. The van der Waals surface area contributed by atoms with Crippen molar-refractivity contribution in [3.05, 3.63) is 64.6 Å². The number of ether oxygens (including phenoxy) is 2. The van der Waals surface area contributed by atoms with E-state index < -0.39 is 5.60 Å². The van der Waals surface area contributed by atoms with E-state index in [0.29, 0.717) is 32.2 Å². The van der Waals surface area contributed by atoms with Crippen molar-refractivity contribution in [2.45, 2.75) is 78.2 Å². The molecular weight excluding hydrogens is 590 g/mol. The van der Waals surface area contributed by atoms with Crippen molar-refractivity contribution in [3.63, 3.8) is 0 Å². The Hall–Kier alpha value is -4.10. The Balaban J connectivity index is 1.34. The Morgan fingerprint density at radius 1 is 1.11 bits per heavy atom. The summed E-state index contributed by atoms with van der Waals surface area (Å²) in [5.41, 5.74) is 4.08. The molecular formula is C37H49N7O3. The predicted octanol–water partition coefficient (Wildman–Crippen LogP) is 5.96. The van der Waals surface area contributed by atoms with Gasteiger partial charge in [0.05, 0.1) is 12.2 Å². The van der Waals surface area contributed by atoms with Crippen molar-refractivity contribution in [1.82, 2.24) is 19.8 Å². The summed E-state index contributed by atoms with van der Waals surface area (Å²) in [5.74, 6) is 0.863. The van der Waals surface area contributed by atoms with Gasteiger partial charge < -0.3 is 29.0 Å². The van der Waals surface area contributed by atoms with Crippen LogP contribution in [0.3, 0.4) is 0 Å². The van der Waals surface area contributed by atoms with Crippen LogP contribution in [-0.4, -0.2) is 97.0 Å². The van der Waals surface area contributed by atoms with Gasteiger partial charge in [-0.2, -0.15) is 9.97 Å². The predicted molar refractivity (Wildman–Crippen MR) is 186 cm³/mol. The molecule has 3 aliphatic rings. The van der Waals surface area contributed by atoms with Gasteiger partial charge in [0.2, 0.25) is 6.54 Å². The van der Waals surface area contributed by atoms with Crippen LogP contribution in [0.5, 0.6) is 6.01 Å². The fraction of sp³-hybridized carbons (Fsp3) is 0.568. The number of aromatic nitrogens is 2. The lowest BCUT2D eigenvalue weighted by Crippen LogP contribution is -2.57. The van der Waals surface area contributed by atoms with Gasteiger partial charge in [-0.15, -0.1) is 0 Å². The molecule has 0 spiro atoms. The molecule has 2 atom stereocenters. The van der Waals surface area contributed by atoms with Gasteiger partial charge in [-0.25, -0.2) is 11.4 Å². The van der Waals surface area contributed by atoms with E-state index in [2.05, 4.69) is 83.9 Å². The number of hydrogen-bond donors (Lipinski definition) is 0. The number of nitrogens with zero attached hydrogens (tertiary/aromatic N) is 7. The van der Waals surface area contributed by atoms with Crippen LogP contribution in [0, 0.1) is 18.9 Å². The molecule has 2 aliphatic heterocycles. The zero-order valence-electron chi connectivity index (χ0n) is 29.0. The number of benzene rings is 2. The summed E-state index contributed by atoms with van der Waals surface area (Å²) in [6.45, 7) is 21.8. The maximum absolute atomic E-state index is 13.1. The van der Waals surface area contributed by atoms with Gasteiger partial charge >= 0.3 is 12.1 Å². The van der Waals surface area contributed by atoms with E-state index >= 15 is 0 Å². The molecule has 0 N–H and O–H groups in total. The highest BCUT2D eigenvalue weighted by molar-refractivity contribution is 5.97. The van der Waals surface area contributed by atoms with Gasteiger partial charge in [-0.1, -0.05) is 30.3 Å². The number of anilines is 2. The van der Waals surface area contributed by atoms with Crippen LogP contribution in [0.25, 0.3) is 15.6 Å². The van der Waals surface area contributed by atoms with Crippen molar-refractivity contribution in [1.29, 1.82) is 0 Å². The second-order valence-corrected chi connectivity index (χ2v) is 14.9. The van der Waals surface area contributed by atoms with Gasteiger partial charge in [0, 0.05) is 54.8 Å². The Morgan fingerprint density at radius 2 is 1.85 bits per heavy atom. The van der Waals surface area contributed by atoms with E-state index in [4.69, 9.17) is 26.0 Å². The van der Waals surface area contributed by atoms with Crippen molar-refractivity contribution >= 4 is 28.4 Å². The number of rotatable bonds is 8. The van der Waals surface area contributed by atoms with Crippen LogP contribution >= 0.6 is 0 Å². The number of aryl methyl sites for hydroxylation is 1. The topological polar surface area (TPSA) is 78.6 Å². The average molecular weight is 640 g/mol. The Bertz CT molecular complexity index is 1670. The van der Waals surface area contributed by atoms with Crippen LogP contribution in [0.1, 0.15) is 57.4 Å². The molecule has 1 aromatic heterocycles. The van der Waals surface area contributed by atoms with E-state index in [1.807, 2.05) is 20.8 Å². The normalized spacial score (nSPS) is 19.7. The van der Waals surface area contributed by atoms with E-state index in [-0.39, 0.29) is 30.2 Å². The molecule has 6 rings (SSSR count). The van der Waals surface area contributed by atoms with Crippen molar-refractivity contribution in [2.24, 2.45) is 5.41 Å². The molecule has 1 saturated carbocycles. The molecule has 47 heavy (non-hydrogen) atoms. The molecule has 10 nitrogen and oxygen atoms in total. The molecule has 3 aromatic rings.